The number of fused-ring (bicyclic) bond motifs is 7. The number of furan rings is 1. The molecule has 258 valence electrons. The molecule has 0 aliphatic rings. The molecule has 0 bridgehead atoms. The third-order valence-corrected chi connectivity index (χ3v) is 11.6. The van der Waals surface area contributed by atoms with Crippen LogP contribution in [0.3, 0.4) is 0 Å². The first kappa shape index (κ1) is 31.4. The minimum absolute atomic E-state index is 0.627. The molecule has 5 heteroatoms. The van der Waals surface area contributed by atoms with Crippen LogP contribution in [0.2, 0.25) is 0 Å². The van der Waals surface area contributed by atoms with E-state index in [1.54, 1.807) is 0 Å². The number of para-hydroxylation sites is 1. The molecule has 3 heterocycles. The van der Waals surface area contributed by atoms with E-state index >= 15 is 0 Å². The van der Waals surface area contributed by atoms with E-state index in [2.05, 4.69) is 157 Å². The highest BCUT2D eigenvalue weighted by atomic mass is 32.1. The van der Waals surface area contributed by atoms with Crippen molar-refractivity contribution in [3.05, 3.63) is 188 Å². The van der Waals surface area contributed by atoms with Gasteiger partial charge in [-0.1, -0.05) is 133 Å². The van der Waals surface area contributed by atoms with Crippen LogP contribution in [0, 0.1) is 0 Å². The van der Waals surface area contributed by atoms with Crippen molar-refractivity contribution in [1.82, 2.24) is 9.97 Å². The average molecular weight is 722 g/mol. The third-order valence-electron chi connectivity index (χ3n) is 10.4. The molecule has 0 amide bonds. The number of anilines is 3. The Kier molecular flexibility index (Phi) is 7.32. The number of rotatable bonds is 6. The molecular formula is C50H31N3OS. The first-order valence-corrected chi connectivity index (χ1v) is 19.2. The van der Waals surface area contributed by atoms with Crippen molar-refractivity contribution < 1.29 is 4.42 Å². The lowest BCUT2D eigenvalue weighted by Crippen LogP contribution is -2.11. The van der Waals surface area contributed by atoms with Crippen molar-refractivity contribution >= 4 is 81.3 Å². The van der Waals surface area contributed by atoms with Crippen LogP contribution in [-0.2, 0) is 0 Å². The first-order chi connectivity index (χ1) is 27.2. The maximum Gasteiger partial charge on any atom is 0.160 e. The van der Waals surface area contributed by atoms with Crippen molar-refractivity contribution in [2.24, 2.45) is 0 Å². The second kappa shape index (κ2) is 12.8. The predicted octanol–water partition coefficient (Wildman–Crippen LogP) is 14.4. The Labute approximate surface area is 321 Å². The van der Waals surface area contributed by atoms with Gasteiger partial charge in [0.05, 0.1) is 32.8 Å². The Morgan fingerprint density at radius 3 is 1.78 bits per heavy atom. The van der Waals surface area contributed by atoms with Crippen LogP contribution in [-0.4, -0.2) is 9.97 Å². The lowest BCUT2D eigenvalue weighted by Gasteiger charge is -2.27. The van der Waals surface area contributed by atoms with Gasteiger partial charge in [-0.05, 0) is 65.4 Å². The van der Waals surface area contributed by atoms with Crippen LogP contribution in [0.15, 0.2) is 192 Å². The minimum Gasteiger partial charge on any atom is -0.456 e. The van der Waals surface area contributed by atoms with Crippen molar-refractivity contribution in [3.63, 3.8) is 0 Å². The number of benzene rings is 8. The van der Waals surface area contributed by atoms with E-state index in [4.69, 9.17) is 14.4 Å². The molecule has 0 aliphatic carbocycles. The van der Waals surface area contributed by atoms with E-state index in [0.29, 0.717) is 5.82 Å². The highest BCUT2D eigenvalue weighted by molar-refractivity contribution is 7.26. The average Bonchev–Trinajstić information content (AvgIpc) is 3.82. The smallest absolute Gasteiger partial charge is 0.160 e. The lowest BCUT2D eigenvalue weighted by molar-refractivity contribution is 0.669. The van der Waals surface area contributed by atoms with Crippen molar-refractivity contribution in [1.29, 1.82) is 0 Å². The first-order valence-electron chi connectivity index (χ1n) is 18.4. The zero-order valence-corrected chi connectivity index (χ0v) is 30.4. The van der Waals surface area contributed by atoms with E-state index in [1.807, 2.05) is 47.7 Å². The summed E-state index contributed by atoms with van der Waals surface area (Å²) in [6.45, 7) is 0. The van der Waals surface area contributed by atoms with E-state index < -0.39 is 0 Å². The normalized spacial score (nSPS) is 11.6. The number of hydrogen-bond acceptors (Lipinski definition) is 5. The predicted molar refractivity (Wildman–Crippen MR) is 231 cm³/mol. The largest absolute Gasteiger partial charge is 0.456 e. The van der Waals surface area contributed by atoms with Gasteiger partial charge in [-0.25, -0.2) is 9.97 Å². The summed E-state index contributed by atoms with van der Waals surface area (Å²) < 4.78 is 9.35. The molecule has 0 fully saturated rings. The summed E-state index contributed by atoms with van der Waals surface area (Å²) in [7, 11) is 0. The molecule has 3 aromatic heterocycles. The Balaban J connectivity index is 1.25. The van der Waals surface area contributed by atoms with Gasteiger partial charge < -0.3 is 9.32 Å². The molecule has 8 aromatic carbocycles. The molecule has 11 rings (SSSR count). The quantitative estimate of drug-likeness (QED) is 0.171. The fourth-order valence-electron chi connectivity index (χ4n) is 7.86. The second-order valence-corrected chi connectivity index (χ2v) is 14.8. The van der Waals surface area contributed by atoms with Crippen LogP contribution in [0.1, 0.15) is 0 Å². The zero-order valence-electron chi connectivity index (χ0n) is 29.6. The molecule has 0 saturated carbocycles. The zero-order chi connectivity index (χ0) is 36.3. The van der Waals surface area contributed by atoms with Gasteiger partial charge in [-0.2, -0.15) is 0 Å². The van der Waals surface area contributed by atoms with E-state index in [9.17, 15) is 0 Å². The maximum atomic E-state index is 6.87. The SMILES string of the molecule is c1ccc(-c2cc(-c3ccccc3)nc(-c3cc(N(c4ccccc4)c4cccc5c4sc4ccccc45)c4c(c3)oc3cc5ccccc5cc34)n2)cc1. The molecule has 11 aromatic rings. The van der Waals surface area contributed by atoms with Gasteiger partial charge in [0.25, 0.3) is 0 Å². The summed E-state index contributed by atoms with van der Waals surface area (Å²) in [5.41, 5.74) is 9.39. The summed E-state index contributed by atoms with van der Waals surface area (Å²) in [4.78, 5) is 12.9. The summed E-state index contributed by atoms with van der Waals surface area (Å²) in [5.74, 6) is 0.627. The van der Waals surface area contributed by atoms with E-state index in [0.717, 1.165) is 77.9 Å². The minimum atomic E-state index is 0.627. The van der Waals surface area contributed by atoms with Crippen molar-refractivity contribution in [2.75, 3.05) is 4.90 Å². The highest BCUT2D eigenvalue weighted by Gasteiger charge is 2.25. The number of thiophene rings is 1. The van der Waals surface area contributed by atoms with Gasteiger partial charge in [0.1, 0.15) is 11.2 Å². The van der Waals surface area contributed by atoms with E-state index in [-0.39, 0.29) is 0 Å². The molecule has 0 saturated heterocycles. The Morgan fingerprint density at radius 1 is 0.436 bits per heavy atom. The lowest BCUT2D eigenvalue weighted by atomic mass is 10.0. The summed E-state index contributed by atoms with van der Waals surface area (Å²) in [6, 6.07) is 66.0. The van der Waals surface area contributed by atoms with Gasteiger partial charge in [0.2, 0.25) is 0 Å². The molecule has 0 atom stereocenters. The Bertz CT molecular complexity index is 3150. The molecule has 0 N–H and O–H groups in total. The molecule has 4 nitrogen and oxygen atoms in total. The standard InChI is InChI=1S/C50H31N3OS/c1-4-15-32(16-5-1)41-31-42(33-17-6-2-7-18-33)52-50(51-41)36-28-44(48-40-27-34-19-10-11-20-35(34)29-45(40)54-46(48)30-36)53(37-21-8-3-9-22-37)43-25-14-24-39-38-23-12-13-26-47(38)55-49(39)43/h1-31H. The maximum absolute atomic E-state index is 6.87. The van der Waals surface area contributed by atoms with Gasteiger partial charge in [-0.3, -0.25) is 0 Å². The fourth-order valence-corrected chi connectivity index (χ4v) is 9.06. The van der Waals surface area contributed by atoms with Crippen LogP contribution >= 0.6 is 11.3 Å². The Hall–Kier alpha value is -7.08. The summed E-state index contributed by atoms with van der Waals surface area (Å²) >= 11 is 1.83. The van der Waals surface area contributed by atoms with E-state index in [1.165, 1.54) is 20.2 Å². The highest BCUT2D eigenvalue weighted by Crippen LogP contribution is 2.49. The molecular weight excluding hydrogens is 691 g/mol. The van der Waals surface area contributed by atoms with Crippen LogP contribution in [0.25, 0.3) is 86.8 Å². The van der Waals surface area contributed by atoms with Crippen LogP contribution in [0.5, 0.6) is 0 Å². The van der Waals surface area contributed by atoms with Gasteiger partial charge in [-0.15, -0.1) is 11.3 Å². The molecule has 0 unspecified atom stereocenters. The van der Waals surface area contributed by atoms with Crippen molar-refractivity contribution in [2.45, 2.75) is 0 Å². The number of aromatic nitrogens is 2. The molecule has 0 spiro atoms. The van der Waals surface area contributed by atoms with Crippen LogP contribution in [0.4, 0.5) is 17.1 Å². The van der Waals surface area contributed by atoms with Crippen molar-refractivity contribution in [3.8, 4) is 33.9 Å². The second-order valence-electron chi connectivity index (χ2n) is 13.8. The number of hydrogen-bond donors (Lipinski definition) is 0. The number of nitrogens with zero attached hydrogens (tertiary/aromatic N) is 3. The molecule has 55 heavy (non-hydrogen) atoms. The topological polar surface area (TPSA) is 42.2 Å². The van der Waals surface area contributed by atoms with Gasteiger partial charge in [0.15, 0.2) is 5.82 Å². The Morgan fingerprint density at radius 2 is 1.05 bits per heavy atom. The molecule has 0 aliphatic heterocycles. The fraction of sp³-hybridized carbons (Fsp3) is 0. The molecule has 0 radical (unpaired) electrons. The van der Waals surface area contributed by atoms with Gasteiger partial charge in [0, 0.05) is 43.2 Å². The summed E-state index contributed by atoms with van der Waals surface area (Å²) in [6.07, 6.45) is 0. The van der Waals surface area contributed by atoms with Crippen LogP contribution < -0.4 is 4.90 Å². The van der Waals surface area contributed by atoms with Gasteiger partial charge >= 0.3 is 0 Å². The monoisotopic (exact) mass is 721 g/mol. The third kappa shape index (κ3) is 5.36. The summed E-state index contributed by atoms with van der Waals surface area (Å²) in [5, 5.41) is 6.89.